The molecule has 0 atom stereocenters. The van der Waals surface area contributed by atoms with Crippen LogP contribution in [-0.2, 0) is 11.3 Å². The van der Waals surface area contributed by atoms with E-state index in [0.29, 0.717) is 6.04 Å². The van der Waals surface area contributed by atoms with Gasteiger partial charge in [0.2, 0.25) is 0 Å². The first-order chi connectivity index (χ1) is 9.69. The highest BCUT2D eigenvalue weighted by Gasteiger charge is 2.24. The van der Waals surface area contributed by atoms with Gasteiger partial charge >= 0.3 is 5.97 Å². The molecule has 0 spiro atoms. The van der Waals surface area contributed by atoms with Crippen molar-refractivity contribution in [3.8, 4) is 0 Å². The monoisotopic (exact) mass is 295 g/mol. The fraction of sp³-hybridized carbons (Fsp3) is 0.533. The first-order valence-corrected chi connectivity index (χ1v) is 7.90. The van der Waals surface area contributed by atoms with Crippen LogP contribution in [0.4, 0.5) is 0 Å². The van der Waals surface area contributed by atoms with Gasteiger partial charge in [-0.25, -0.2) is 4.79 Å². The molecule has 110 valence electrons. The van der Waals surface area contributed by atoms with Crippen molar-refractivity contribution >= 4 is 23.4 Å². The molecule has 4 nitrogen and oxygen atoms in total. The summed E-state index contributed by atoms with van der Waals surface area (Å²) in [7, 11) is 0. The van der Waals surface area contributed by atoms with Gasteiger partial charge in [0, 0.05) is 36.7 Å². The maximum atomic E-state index is 10.5. The number of aliphatic hydroxyl groups is 1. The molecule has 1 saturated carbocycles. The van der Waals surface area contributed by atoms with Crippen molar-refractivity contribution in [2.45, 2.75) is 38.3 Å². The van der Waals surface area contributed by atoms with Gasteiger partial charge in [0.05, 0.1) is 0 Å². The molecule has 0 unspecified atom stereocenters. The van der Waals surface area contributed by atoms with Crippen LogP contribution in [0.2, 0.25) is 0 Å². The van der Waals surface area contributed by atoms with E-state index in [9.17, 15) is 4.79 Å². The minimum Gasteiger partial charge on any atom is -0.478 e. The summed E-state index contributed by atoms with van der Waals surface area (Å²) in [5.74, 6) is -0.920. The lowest BCUT2D eigenvalue weighted by Gasteiger charge is -2.37. The summed E-state index contributed by atoms with van der Waals surface area (Å²) in [6.07, 6.45) is 7.42. The molecule has 1 aliphatic rings. The van der Waals surface area contributed by atoms with Crippen LogP contribution in [0.1, 0.15) is 36.1 Å². The molecule has 2 N–H and O–H groups in total. The number of nitrogens with zero attached hydrogens (tertiary/aromatic N) is 1. The third-order valence-corrected chi connectivity index (χ3v) is 4.59. The van der Waals surface area contributed by atoms with Crippen LogP contribution >= 0.6 is 11.3 Å². The lowest BCUT2D eigenvalue weighted by Crippen LogP contribution is -2.40. The Bertz CT molecular complexity index is 465. The van der Waals surface area contributed by atoms with E-state index in [1.807, 2.05) is 5.38 Å². The third-order valence-electron chi connectivity index (χ3n) is 3.65. The minimum absolute atomic E-state index is 0.236. The van der Waals surface area contributed by atoms with E-state index in [1.54, 1.807) is 17.4 Å². The summed E-state index contributed by atoms with van der Waals surface area (Å²) in [6, 6.07) is 2.70. The average molecular weight is 295 g/mol. The van der Waals surface area contributed by atoms with Crippen molar-refractivity contribution < 1.29 is 15.0 Å². The van der Waals surface area contributed by atoms with Crippen LogP contribution in [-0.4, -0.2) is 40.3 Å². The fourth-order valence-corrected chi connectivity index (χ4v) is 3.23. The van der Waals surface area contributed by atoms with E-state index < -0.39 is 5.97 Å². The molecule has 1 heterocycles. The highest BCUT2D eigenvalue weighted by molar-refractivity contribution is 7.10. The van der Waals surface area contributed by atoms with Crippen molar-refractivity contribution in [2.24, 2.45) is 0 Å². The van der Waals surface area contributed by atoms with Crippen molar-refractivity contribution in [1.29, 1.82) is 0 Å². The van der Waals surface area contributed by atoms with Crippen molar-refractivity contribution in [2.75, 3.05) is 13.2 Å². The highest BCUT2D eigenvalue weighted by Crippen LogP contribution is 2.28. The molecular formula is C15H21NO3S. The maximum absolute atomic E-state index is 10.5. The second kappa shape index (κ2) is 7.57. The molecule has 0 saturated heterocycles. The van der Waals surface area contributed by atoms with E-state index in [0.717, 1.165) is 25.1 Å². The van der Waals surface area contributed by atoms with Gasteiger partial charge in [0.15, 0.2) is 0 Å². The Balaban J connectivity index is 1.93. The number of aliphatic carboxylic acids is 1. The maximum Gasteiger partial charge on any atom is 0.328 e. The van der Waals surface area contributed by atoms with Gasteiger partial charge in [-0.05, 0) is 42.3 Å². The molecule has 20 heavy (non-hydrogen) atoms. The normalized spacial score (nSPS) is 15.9. The van der Waals surface area contributed by atoms with Crippen molar-refractivity contribution in [1.82, 2.24) is 4.90 Å². The minimum atomic E-state index is -0.920. The average Bonchev–Trinajstić information content (AvgIpc) is 2.79. The Morgan fingerprint density at radius 2 is 2.30 bits per heavy atom. The summed E-state index contributed by atoms with van der Waals surface area (Å²) in [6.45, 7) is 2.07. The summed E-state index contributed by atoms with van der Waals surface area (Å²) in [5, 5.41) is 19.6. The Labute approximate surface area is 123 Å². The summed E-state index contributed by atoms with van der Waals surface area (Å²) in [5.41, 5.74) is 0.947. The molecular weight excluding hydrogens is 274 g/mol. The van der Waals surface area contributed by atoms with Crippen LogP contribution in [0.15, 0.2) is 17.5 Å². The van der Waals surface area contributed by atoms with E-state index in [4.69, 9.17) is 10.2 Å². The van der Waals surface area contributed by atoms with Gasteiger partial charge in [0.1, 0.15) is 0 Å². The second-order valence-corrected chi connectivity index (χ2v) is 6.15. The molecule has 0 aliphatic heterocycles. The van der Waals surface area contributed by atoms with Gasteiger partial charge in [-0.2, -0.15) is 0 Å². The number of carboxylic acid groups (broad SMARTS) is 1. The number of thiophene rings is 1. The van der Waals surface area contributed by atoms with E-state index in [-0.39, 0.29) is 6.61 Å². The van der Waals surface area contributed by atoms with E-state index in [2.05, 4.69) is 11.0 Å². The van der Waals surface area contributed by atoms with Gasteiger partial charge in [0.25, 0.3) is 0 Å². The first-order valence-electron chi connectivity index (χ1n) is 7.02. The Morgan fingerprint density at radius 3 is 2.90 bits per heavy atom. The number of hydrogen-bond acceptors (Lipinski definition) is 4. The fourth-order valence-electron chi connectivity index (χ4n) is 2.35. The van der Waals surface area contributed by atoms with E-state index >= 15 is 0 Å². The van der Waals surface area contributed by atoms with Crippen molar-refractivity contribution in [3.05, 3.63) is 28.0 Å². The van der Waals surface area contributed by atoms with Gasteiger partial charge in [-0.3, -0.25) is 4.90 Å². The van der Waals surface area contributed by atoms with E-state index in [1.165, 1.54) is 30.2 Å². The number of carbonyl (C=O) groups is 1. The first kappa shape index (κ1) is 15.2. The van der Waals surface area contributed by atoms with Gasteiger partial charge in [-0.1, -0.05) is 6.42 Å². The van der Waals surface area contributed by atoms with Gasteiger partial charge in [-0.15, -0.1) is 11.3 Å². The largest absolute Gasteiger partial charge is 0.478 e. The number of rotatable bonds is 8. The second-order valence-electron chi connectivity index (χ2n) is 5.15. The summed E-state index contributed by atoms with van der Waals surface area (Å²) >= 11 is 1.67. The topological polar surface area (TPSA) is 60.8 Å². The van der Waals surface area contributed by atoms with Crippen LogP contribution in [0.25, 0.3) is 6.08 Å². The molecule has 2 rings (SSSR count). The van der Waals surface area contributed by atoms with Crippen LogP contribution < -0.4 is 0 Å². The molecule has 1 aromatic heterocycles. The summed E-state index contributed by atoms with van der Waals surface area (Å²) < 4.78 is 0. The molecule has 1 aromatic rings. The number of carboxylic acids is 1. The lowest BCUT2D eigenvalue weighted by molar-refractivity contribution is -0.131. The predicted molar refractivity (Wildman–Crippen MR) is 80.7 cm³/mol. The number of aliphatic hydroxyl groups excluding tert-OH is 1. The Hall–Kier alpha value is -1.17. The predicted octanol–water partition coefficient (Wildman–Crippen LogP) is 2.58. The highest BCUT2D eigenvalue weighted by atomic mass is 32.1. The zero-order chi connectivity index (χ0) is 14.4. The molecule has 5 heteroatoms. The SMILES string of the molecule is O=C(O)/C=C/c1csc(CN(CCCO)C2CCC2)c1. The Kier molecular flexibility index (Phi) is 5.76. The molecule has 0 bridgehead atoms. The van der Waals surface area contributed by atoms with Crippen LogP contribution in [0.5, 0.6) is 0 Å². The number of hydrogen-bond donors (Lipinski definition) is 2. The smallest absolute Gasteiger partial charge is 0.328 e. The van der Waals surface area contributed by atoms with Gasteiger partial charge < -0.3 is 10.2 Å². The Morgan fingerprint density at radius 1 is 1.50 bits per heavy atom. The zero-order valence-corrected chi connectivity index (χ0v) is 12.3. The quantitative estimate of drug-likeness (QED) is 0.724. The molecule has 1 aliphatic carbocycles. The van der Waals surface area contributed by atoms with Crippen LogP contribution in [0.3, 0.4) is 0 Å². The van der Waals surface area contributed by atoms with Crippen molar-refractivity contribution in [3.63, 3.8) is 0 Å². The van der Waals surface area contributed by atoms with Crippen LogP contribution in [0, 0.1) is 0 Å². The lowest BCUT2D eigenvalue weighted by atomic mass is 9.91. The molecule has 0 aromatic carbocycles. The molecule has 0 amide bonds. The third kappa shape index (κ3) is 4.44. The standard InChI is InChI=1S/C15H21NO3S/c17-8-2-7-16(13-3-1-4-13)10-14-9-12(11-20-14)5-6-15(18)19/h5-6,9,11,13,17H,1-4,7-8,10H2,(H,18,19)/b6-5+. The molecule has 1 fully saturated rings. The zero-order valence-electron chi connectivity index (χ0n) is 11.5. The molecule has 0 radical (unpaired) electrons. The summed E-state index contributed by atoms with van der Waals surface area (Å²) in [4.78, 5) is 14.2.